The second-order valence-electron chi connectivity index (χ2n) is 8.61. The van der Waals surface area contributed by atoms with Gasteiger partial charge in [-0.2, -0.15) is 0 Å². The summed E-state index contributed by atoms with van der Waals surface area (Å²) in [5.41, 5.74) is -2.10. The SMILES string of the molecule is O=C1c2ccccc2C(=O)N1CCCC(F)(CC(=NO)c1ccc(-c2ccc(Cl)cc2)cc1F)C(=O)O. The zero-order valence-electron chi connectivity index (χ0n) is 19.3. The molecule has 0 aliphatic carbocycles. The van der Waals surface area contributed by atoms with Gasteiger partial charge >= 0.3 is 5.97 Å². The van der Waals surface area contributed by atoms with E-state index in [1.54, 1.807) is 36.4 Å². The predicted molar refractivity (Wildman–Crippen MR) is 132 cm³/mol. The molecule has 0 saturated heterocycles. The van der Waals surface area contributed by atoms with E-state index in [0.717, 1.165) is 11.0 Å². The average molecular weight is 527 g/mol. The number of oxime groups is 1. The number of halogens is 3. The first-order chi connectivity index (χ1) is 17.6. The molecule has 7 nitrogen and oxygen atoms in total. The number of carbonyl (C=O) groups excluding carboxylic acids is 2. The van der Waals surface area contributed by atoms with E-state index in [1.807, 2.05) is 0 Å². The standard InChI is InChI=1S/C27H21ClF2N2O5/c28-18-9-6-16(7-10-18)17-8-11-21(22(29)14-17)23(31-37)15-27(30,26(35)36)12-3-13-32-24(33)19-4-1-2-5-20(19)25(32)34/h1-2,4-11,14,37H,3,12-13,15H2,(H,35,36). The molecule has 1 aliphatic rings. The molecule has 1 aliphatic heterocycles. The second kappa shape index (κ2) is 10.5. The molecule has 190 valence electrons. The fourth-order valence-corrected chi connectivity index (χ4v) is 4.38. The lowest BCUT2D eigenvalue weighted by atomic mass is 9.90. The van der Waals surface area contributed by atoms with E-state index in [-0.39, 0.29) is 29.7 Å². The van der Waals surface area contributed by atoms with Crippen molar-refractivity contribution < 1.29 is 33.5 Å². The number of amides is 2. The summed E-state index contributed by atoms with van der Waals surface area (Å²) in [5.74, 6) is -3.75. The Morgan fingerprint density at radius 1 is 0.973 bits per heavy atom. The minimum atomic E-state index is -2.94. The highest BCUT2D eigenvalue weighted by Crippen LogP contribution is 2.30. The molecule has 4 rings (SSSR count). The number of alkyl halides is 1. The number of carboxylic acid groups (broad SMARTS) is 1. The van der Waals surface area contributed by atoms with Gasteiger partial charge in [-0.1, -0.05) is 47.1 Å². The van der Waals surface area contributed by atoms with Crippen molar-refractivity contribution >= 4 is 35.1 Å². The number of imide groups is 1. The monoisotopic (exact) mass is 526 g/mol. The third kappa shape index (κ3) is 5.22. The lowest BCUT2D eigenvalue weighted by molar-refractivity contribution is -0.151. The number of hydrogen-bond donors (Lipinski definition) is 2. The maximum atomic E-state index is 15.6. The molecule has 0 fully saturated rings. The quantitative estimate of drug-likeness (QED) is 0.164. The molecule has 0 saturated carbocycles. The number of benzene rings is 3. The fraction of sp³-hybridized carbons (Fsp3) is 0.185. The Bertz CT molecular complexity index is 1380. The van der Waals surface area contributed by atoms with Gasteiger partial charge in [0.05, 0.1) is 16.8 Å². The van der Waals surface area contributed by atoms with Gasteiger partial charge in [0.2, 0.25) is 5.67 Å². The molecule has 3 aromatic rings. The van der Waals surface area contributed by atoms with Crippen LogP contribution in [0.5, 0.6) is 0 Å². The van der Waals surface area contributed by atoms with Crippen LogP contribution in [0.3, 0.4) is 0 Å². The van der Waals surface area contributed by atoms with Gasteiger partial charge in [-0.25, -0.2) is 13.6 Å². The molecule has 2 N–H and O–H groups in total. The summed E-state index contributed by atoms with van der Waals surface area (Å²) in [7, 11) is 0. The van der Waals surface area contributed by atoms with Crippen molar-refractivity contribution in [3.05, 3.63) is 94.3 Å². The summed E-state index contributed by atoms with van der Waals surface area (Å²) in [6, 6.07) is 16.8. The predicted octanol–water partition coefficient (Wildman–Crippen LogP) is 5.58. The minimum absolute atomic E-state index is 0.176. The lowest BCUT2D eigenvalue weighted by Gasteiger charge is -2.22. The van der Waals surface area contributed by atoms with Gasteiger partial charge in [-0.3, -0.25) is 14.5 Å². The molecule has 3 aromatic carbocycles. The van der Waals surface area contributed by atoms with Crippen LogP contribution in [0.2, 0.25) is 5.02 Å². The van der Waals surface area contributed by atoms with Gasteiger partial charge in [0.25, 0.3) is 11.8 Å². The number of fused-ring (bicyclic) bond motifs is 1. The third-order valence-corrected chi connectivity index (χ3v) is 6.49. The minimum Gasteiger partial charge on any atom is -0.479 e. The lowest BCUT2D eigenvalue weighted by Crippen LogP contribution is -2.38. The van der Waals surface area contributed by atoms with Crippen molar-refractivity contribution in [1.82, 2.24) is 4.90 Å². The van der Waals surface area contributed by atoms with E-state index >= 15 is 4.39 Å². The third-order valence-electron chi connectivity index (χ3n) is 6.24. The molecule has 0 spiro atoms. The molecule has 0 radical (unpaired) electrons. The van der Waals surface area contributed by atoms with Crippen molar-refractivity contribution in [2.75, 3.05) is 6.54 Å². The van der Waals surface area contributed by atoms with E-state index in [0.29, 0.717) is 16.1 Å². The number of carbonyl (C=O) groups is 3. The van der Waals surface area contributed by atoms with Gasteiger partial charge in [0.15, 0.2) is 0 Å². The van der Waals surface area contributed by atoms with Crippen molar-refractivity contribution in [1.29, 1.82) is 0 Å². The molecule has 1 atom stereocenters. The van der Waals surface area contributed by atoms with Crippen LogP contribution in [0.4, 0.5) is 8.78 Å². The second-order valence-corrected chi connectivity index (χ2v) is 9.04. The van der Waals surface area contributed by atoms with E-state index in [9.17, 15) is 29.1 Å². The molecular formula is C27H21ClF2N2O5. The summed E-state index contributed by atoms with van der Waals surface area (Å²) in [5, 5.41) is 22.5. The number of rotatable bonds is 9. The topological polar surface area (TPSA) is 107 Å². The summed E-state index contributed by atoms with van der Waals surface area (Å²) >= 11 is 5.87. The summed E-state index contributed by atoms with van der Waals surface area (Å²) in [4.78, 5) is 37.7. The van der Waals surface area contributed by atoms with Crippen LogP contribution in [-0.4, -0.2) is 50.9 Å². The average Bonchev–Trinajstić information content (AvgIpc) is 3.13. The number of carboxylic acids is 1. The Morgan fingerprint density at radius 2 is 1.57 bits per heavy atom. The first kappa shape index (κ1) is 26.0. The Hall–Kier alpha value is -4.11. The zero-order chi connectivity index (χ0) is 26.7. The normalized spacial score (nSPS) is 15.0. The molecule has 0 aromatic heterocycles. The Labute approximate surface area is 215 Å². The van der Waals surface area contributed by atoms with E-state index < -0.39 is 47.8 Å². The zero-order valence-corrected chi connectivity index (χ0v) is 20.1. The van der Waals surface area contributed by atoms with Crippen LogP contribution in [-0.2, 0) is 4.79 Å². The Kier molecular flexibility index (Phi) is 7.35. The van der Waals surface area contributed by atoms with Crippen LogP contribution in [0.25, 0.3) is 11.1 Å². The molecular weight excluding hydrogens is 506 g/mol. The molecule has 37 heavy (non-hydrogen) atoms. The smallest absolute Gasteiger partial charge is 0.341 e. The highest BCUT2D eigenvalue weighted by atomic mass is 35.5. The summed E-state index contributed by atoms with van der Waals surface area (Å²) < 4.78 is 30.5. The van der Waals surface area contributed by atoms with Gasteiger partial charge in [-0.15, -0.1) is 0 Å². The van der Waals surface area contributed by atoms with Crippen LogP contribution >= 0.6 is 11.6 Å². The highest BCUT2D eigenvalue weighted by Gasteiger charge is 2.42. The molecule has 0 bridgehead atoms. The van der Waals surface area contributed by atoms with Crippen molar-refractivity contribution in [3.8, 4) is 11.1 Å². The van der Waals surface area contributed by atoms with E-state index in [2.05, 4.69) is 5.16 Å². The summed E-state index contributed by atoms with van der Waals surface area (Å²) in [6.45, 7) is -0.207. The Morgan fingerprint density at radius 3 is 2.11 bits per heavy atom. The number of nitrogens with zero attached hydrogens (tertiary/aromatic N) is 2. The maximum Gasteiger partial charge on any atom is 0.341 e. The van der Waals surface area contributed by atoms with E-state index in [4.69, 9.17) is 11.6 Å². The number of hydrogen-bond acceptors (Lipinski definition) is 5. The van der Waals surface area contributed by atoms with Crippen LogP contribution < -0.4 is 0 Å². The number of aliphatic carboxylic acids is 1. The first-order valence-electron chi connectivity index (χ1n) is 11.3. The van der Waals surface area contributed by atoms with Crippen molar-refractivity contribution in [3.63, 3.8) is 0 Å². The molecule has 1 heterocycles. The maximum absolute atomic E-state index is 15.6. The van der Waals surface area contributed by atoms with Crippen LogP contribution in [0.1, 0.15) is 45.5 Å². The van der Waals surface area contributed by atoms with Crippen LogP contribution in [0, 0.1) is 5.82 Å². The van der Waals surface area contributed by atoms with Gasteiger partial charge in [0, 0.05) is 23.6 Å². The largest absolute Gasteiger partial charge is 0.479 e. The van der Waals surface area contributed by atoms with Gasteiger partial charge in [-0.05, 0) is 60.4 Å². The van der Waals surface area contributed by atoms with Gasteiger partial charge in [0.1, 0.15) is 5.82 Å². The van der Waals surface area contributed by atoms with Crippen molar-refractivity contribution in [2.24, 2.45) is 5.16 Å². The Balaban J connectivity index is 1.47. The fourth-order valence-electron chi connectivity index (χ4n) is 4.25. The molecule has 2 amide bonds. The van der Waals surface area contributed by atoms with Crippen LogP contribution in [0.15, 0.2) is 71.9 Å². The first-order valence-corrected chi connectivity index (χ1v) is 11.7. The molecule has 10 heteroatoms. The molecule has 1 unspecified atom stereocenters. The summed E-state index contributed by atoms with van der Waals surface area (Å²) in [6.07, 6.45) is -1.72. The van der Waals surface area contributed by atoms with Crippen molar-refractivity contribution in [2.45, 2.75) is 24.9 Å². The van der Waals surface area contributed by atoms with Gasteiger partial charge < -0.3 is 10.3 Å². The highest BCUT2D eigenvalue weighted by molar-refractivity contribution is 6.30. The van der Waals surface area contributed by atoms with E-state index in [1.165, 1.54) is 24.3 Å².